The number of nitrogens with one attached hydrogen (secondary N) is 1. The fourth-order valence-corrected chi connectivity index (χ4v) is 1.64. The summed E-state index contributed by atoms with van der Waals surface area (Å²) in [6, 6.07) is 2.03. The van der Waals surface area contributed by atoms with Gasteiger partial charge in [0.2, 0.25) is 0 Å². The molecule has 0 aliphatic heterocycles. The third-order valence-corrected chi connectivity index (χ3v) is 2.91. The minimum atomic E-state index is 0.857. The van der Waals surface area contributed by atoms with Crippen LogP contribution in [0.3, 0.4) is 0 Å². The number of aromatic nitrogens is 2. The lowest BCUT2D eigenvalue weighted by Crippen LogP contribution is -2.29. The summed E-state index contributed by atoms with van der Waals surface area (Å²) in [5, 5.41) is 3.34. The molecule has 0 bridgehead atoms. The largest absolute Gasteiger partial charge is 0.370 e. The molecule has 0 atom stereocenters. The van der Waals surface area contributed by atoms with Gasteiger partial charge >= 0.3 is 0 Å². The molecule has 0 amide bonds. The maximum Gasteiger partial charge on any atom is 0.134 e. The van der Waals surface area contributed by atoms with Crippen molar-refractivity contribution in [1.29, 1.82) is 0 Å². The molecule has 1 aromatic heterocycles. The van der Waals surface area contributed by atoms with Gasteiger partial charge in [-0.2, -0.15) is 0 Å². The molecule has 1 heterocycles. The lowest BCUT2D eigenvalue weighted by atomic mass is 10.4. The molecule has 0 aromatic carbocycles. The van der Waals surface area contributed by atoms with Crippen molar-refractivity contribution in [3.63, 3.8) is 0 Å². The Labute approximate surface area is 117 Å². The molecule has 0 aliphatic rings. The molecule has 0 aliphatic carbocycles. The number of aryl methyl sites for hydroxylation is 1. The molecule has 1 aromatic rings. The van der Waals surface area contributed by atoms with Crippen LogP contribution in [0.4, 0.5) is 11.6 Å². The third kappa shape index (κ3) is 5.42. The minimum Gasteiger partial charge on any atom is -0.370 e. The van der Waals surface area contributed by atoms with E-state index in [1.807, 2.05) is 6.07 Å². The normalized spacial score (nSPS) is 10.8. The fourth-order valence-electron chi connectivity index (χ4n) is 1.64. The van der Waals surface area contributed by atoms with E-state index < -0.39 is 0 Å². The average Bonchev–Trinajstić information content (AvgIpc) is 2.41. The Bertz CT molecular complexity index is 378. The highest BCUT2D eigenvalue weighted by Gasteiger charge is 2.07. The van der Waals surface area contributed by atoms with Crippen molar-refractivity contribution >= 4 is 11.6 Å². The summed E-state index contributed by atoms with van der Waals surface area (Å²) in [4.78, 5) is 13.5. The highest BCUT2D eigenvalue weighted by atomic mass is 15.2. The summed E-state index contributed by atoms with van der Waals surface area (Å²) in [7, 11) is 6.24. The van der Waals surface area contributed by atoms with Crippen LogP contribution in [0.15, 0.2) is 6.07 Å². The highest BCUT2D eigenvalue weighted by molar-refractivity contribution is 5.49. The van der Waals surface area contributed by atoms with E-state index in [1.54, 1.807) is 0 Å². The highest BCUT2D eigenvalue weighted by Crippen LogP contribution is 2.15. The lowest BCUT2D eigenvalue weighted by Gasteiger charge is -2.21. The van der Waals surface area contributed by atoms with Gasteiger partial charge in [-0.05, 0) is 20.5 Å². The summed E-state index contributed by atoms with van der Waals surface area (Å²) >= 11 is 0. The van der Waals surface area contributed by atoms with Crippen LogP contribution in [0, 0.1) is 0 Å². The molecular formula is C14H27N5. The van der Waals surface area contributed by atoms with Gasteiger partial charge < -0.3 is 15.1 Å². The molecule has 5 nitrogen and oxygen atoms in total. The SMILES string of the molecule is CCCNc1cc(N(C)CCN(C)C)nc(CC)n1. The Balaban J connectivity index is 2.79. The van der Waals surface area contributed by atoms with Crippen LogP contribution in [0.2, 0.25) is 0 Å². The van der Waals surface area contributed by atoms with E-state index >= 15 is 0 Å². The van der Waals surface area contributed by atoms with Gasteiger partial charge in [0, 0.05) is 39.2 Å². The quantitative estimate of drug-likeness (QED) is 0.777. The van der Waals surface area contributed by atoms with Crippen LogP contribution >= 0.6 is 0 Å². The molecule has 0 saturated carbocycles. The Morgan fingerprint density at radius 2 is 1.84 bits per heavy atom. The summed E-state index contributed by atoms with van der Waals surface area (Å²) in [6.45, 7) is 7.16. The van der Waals surface area contributed by atoms with Crippen molar-refractivity contribution in [2.75, 3.05) is 51.0 Å². The Morgan fingerprint density at radius 1 is 1.11 bits per heavy atom. The Kier molecular flexibility index (Phi) is 6.56. The van der Waals surface area contributed by atoms with Gasteiger partial charge in [-0.25, -0.2) is 9.97 Å². The minimum absolute atomic E-state index is 0.857. The van der Waals surface area contributed by atoms with Gasteiger partial charge in [0.25, 0.3) is 0 Å². The Hall–Kier alpha value is -1.36. The van der Waals surface area contributed by atoms with Gasteiger partial charge in [-0.1, -0.05) is 13.8 Å². The second kappa shape index (κ2) is 7.94. The zero-order chi connectivity index (χ0) is 14.3. The van der Waals surface area contributed by atoms with Crippen molar-refractivity contribution in [2.24, 2.45) is 0 Å². The first-order chi connectivity index (χ1) is 9.06. The number of hydrogen-bond acceptors (Lipinski definition) is 5. The summed E-state index contributed by atoms with van der Waals surface area (Å²) in [5.74, 6) is 2.82. The van der Waals surface area contributed by atoms with Crippen molar-refractivity contribution in [2.45, 2.75) is 26.7 Å². The first kappa shape index (κ1) is 15.7. The lowest BCUT2D eigenvalue weighted by molar-refractivity contribution is 0.416. The molecule has 0 fully saturated rings. The topological polar surface area (TPSA) is 44.3 Å². The number of hydrogen-bond donors (Lipinski definition) is 1. The number of anilines is 2. The van der Waals surface area contributed by atoms with E-state index in [2.05, 4.69) is 60.1 Å². The van der Waals surface area contributed by atoms with Crippen LogP contribution in [-0.2, 0) is 6.42 Å². The van der Waals surface area contributed by atoms with Gasteiger partial charge in [0.1, 0.15) is 17.5 Å². The van der Waals surface area contributed by atoms with Gasteiger partial charge in [-0.15, -0.1) is 0 Å². The summed E-state index contributed by atoms with van der Waals surface area (Å²) in [6.07, 6.45) is 1.95. The summed E-state index contributed by atoms with van der Waals surface area (Å²) in [5.41, 5.74) is 0. The molecule has 0 radical (unpaired) electrons. The van der Waals surface area contributed by atoms with Gasteiger partial charge in [0.15, 0.2) is 0 Å². The van der Waals surface area contributed by atoms with Gasteiger partial charge in [0.05, 0.1) is 0 Å². The molecule has 0 unspecified atom stereocenters. The van der Waals surface area contributed by atoms with E-state index in [-0.39, 0.29) is 0 Å². The zero-order valence-corrected chi connectivity index (χ0v) is 12.9. The van der Waals surface area contributed by atoms with Crippen LogP contribution < -0.4 is 10.2 Å². The second-order valence-electron chi connectivity index (χ2n) is 5.03. The maximum absolute atomic E-state index is 4.59. The Morgan fingerprint density at radius 3 is 2.42 bits per heavy atom. The third-order valence-electron chi connectivity index (χ3n) is 2.91. The van der Waals surface area contributed by atoms with Crippen molar-refractivity contribution in [1.82, 2.24) is 14.9 Å². The molecule has 5 heteroatoms. The number of nitrogens with zero attached hydrogens (tertiary/aromatic N) is 4. The first-order valence-corrected chi connectivity index (χ1v) is 7.04. The van der Waals surface area contributed by atoms with Gasteiger partial charge in [-0.3, -0.25) is 0 Å². The number of likely N-dealkylation sites (N-methyl/N-ethyl adjacent to an activating group) is 2. The molecule has 0 saturated heterocycles. The van der Waals surface area contributed by atoms with Crippen LogP contribution in [0.1, 0.15) is 26.1 Å². The monoisotopic (exact) mass is 265 g/mol. The molecule has 19 heavy (non-hydrogen) atoms. The fraction of sp³-hybridized carbons (Fsp3) is 0.714. The average molecular weight is 265 g/mol. The van der Waals surface area contributed by atoms with E-state index in [4.69, 9.17) is 0 Å². The molecule has 1 N–H and O–H groups in total. The van der Waals surface area contributed by atoms with Crippen molar-refractivity contribution in [3.05, 3.63) is 11.9 Å². The second-order valence-corrected chi connectivity index (χ2v) is 5.03. The molecular weight excluding hydrogens is 238 g/mol. The molecule has 1 rings (SSSR count). The van der Waals surface area contributed by atoms with Crippen molar-refractivity contribution < 1.29 is 0 Å². The molecule has 0 spiro atoms. The first-order valence-electron chi connectivity index (χ1n) is 7.04. The van der Waals surface area contributed by atoms with E-state index in [1.165, 1.54) is 0 Å². The van der Waals surface area contributed by atoms with Crippen LogP contribution in [-0.4, -0.2) is 55.6 Å². The van der Waals surface area contributed by atoms with Crippen LogP contribution in [0.5, 0.6) is 0 Å². The zero-order valence-electron chi connectivity index (χ0n) is 12.9. The smallest absolute Gasteiger partial charge is 0.134 e. The summed E-state index contributed by atoms with van der Waals surface area (Å²) < 4.78 is 0. The van der Waals surface area contributed by atoms with Crippen molar-refractivity contribution in [3.8, 4) is 0 Å². The van der Waals surface area contributed by atoms with Crippen LogP contribution in [0.25, 0.3) is 0 Å². The van der Waals surface area contributed by atoms with E-state index in [0.29, 0.717) is 0 Å². The number of rotatable bonds is 8. The predicted molar refractivity (Wildman–Crippen MR) is 82.0 cm³/mol. The van der Waals surface area contributed by atoms with E-state index in [0.717, 1.165) is 49.9 Å². The standard InChI is InChI=1S/C14H27N5/c1-6-8-15-13-11-14(17-12(7-2)16-13)19(5)10-9-18(3)4/h11H,6-10H2,1-5H3,(H,15,16,17). The maximum atomic E-state index is 4.59. The molecule has 108 valence electrons. The van der Waals surface area contributed by atoms with E-state index in [9.17, 15) is 0 Å². The predicted octanol–water partition coefficient (Wildman–Crippen LogP) is 1.86.